The SMILES string of the molecule is CCC1(C)CN(CCSC(F)(F)F)CCCN1. The van der Waals surface area contributed by atoms with Gasteiger partial charge in [0.05, 0.1) is 0 Å². The zero-order valence-corrected chi connectivity index (χ0v) is 11.3. The van der Waals surface area contributed by atoms with E-state index in [2.05, 4.69) is 24.1 Å². The molecule has 1 saturated heterocycles. The molecule has 6 heteroatoms. The average molecular weight is 270 g/mol. The van der Waals surface area contributed by atoms with Crippen LogP contribution in [0.3, 0.4) is 0 Å². The molecule has 1 fully saturated rings. The van der Waals surface area contributed by atoms with E-state index in [1.54, 1.807) is 0 Å². The van der Waals surface area contributed by atoms with E-state index in [9.17, 15) is 13.2 Å². The van der Waals surface area contributed by atoms with Crippen molar-refractivity contribution in [1.82, 2.24) is 10.2 Å². The summed E-state index contributed by atoms with van der Waals surface area (Å²) in [4.78, 5) is 2.14. The Hall–Kier alpha value is 0.0600. The third kappa shape index (κ3) is 5.97. The number of thioether (sulfide) groups is 1. The molecule has 1 heterocycles. The van der Waals surface area contributed by atoms with Crippen molar-refractivity contribution in [2.45, 2.75) is 37.7 Å². The lowest BCUT2D eigenvalue weighted by molar-refractivity contribution is -0.0328. The Morgan fingerprint density at radius 3 is 2.71 bits per heavy atom. The topological polar surface area (TPSA) is 15.3 Å². The second-order valence-corrected chi connectivity index (χ2v) is 5.92. The maximum absolute atomic E-state index is 12.0. The van der Waals surface area contributed by atoms with E-state index in [0.29, 0.717) is 6.54 Å². The third-order valence-corrected chi connectivity index (χ3v) is 3.94. The number of halogens is 3. The van der Waals surface area contributed by atoms with Gasteiger partial charge in [0.2, 0.25) is 0 Å². The smallest absolute Gasteiger partial charge is 0.310 e. The number of hydrogen-bond donors (Lipinski definition) is 1. The fourth-order valence-corrected chi connectivity index (χ4v) is 2.62. The van der Waals surface area contributed by atoms with Crippen molar-refractivity contribution in [1.29, 1.82) is 0 Å². The molecule has 0 amide bonds. The Morgan fingerprint density at radius 2 is 2.12 bits per heavy atom. The lowest BCUT2D eigenvalue weighted by Gasteiger charge is -2.32. The van der Waals surface area contributed by atoms with Gasteiger partial charge in [0.1, 0.15) is 0 Å². The van der Waals surface area contributed by atoms with Crippen molar-refractivity contribution in [3.63, 3.8) is 0 Å². The van der Waals surface area contributed by atoms with Crippen LogP contribution in [0.25, 0.3) is 0 Å². The van der Waals surface area contributed by atoms with Crippen LogP contribution in [0.5, 0.6) is 0 Å². The minimum Gasteiger partial charge on any atom is -0.310 e. The first-order valence-electron chi connectivity index (χ1n) is 6.03. The van der Waals surface area contributed by atoms with Gasteiger partial charge in [0.15, 0.2) is 0 Å². The second kappa shape index (κ2) is 6.29. The summed E-state index contributed by atoms with van der Waals surface area (Å²) in [6.07, 6.45) is 2.00. The molecule has 1 unspecified atom stereocenters. The lowest BCUT2D eigenvalue weighted by Crippen LogP contribution is -2.48. The number of hydrogen-bond acceptors (Lipinski definition) is 3. The van der Waals surface area contributed by atoms with E-state index in [4.69, 9.17) is 0 Å². The second-order valence-electron chi connectivity index (χ2n) is 4.76. The molecule has 1 N–H and O–H groups in total. The Balaban J connectivity index is 2.36. The third-order valence-electron chi connectivity index (χ3n) is 3.23. The summed E-state index contributed by atoms with van der Waals surface area (Å²) >= 11 is 0.0797. The predicted molar refractivity (Wildman–Crippen MR) is 66.3 cm³/mol. The maximum atomic E-state index is 12.0. The first kappa shape index (κ1) is 15.1. The Labute approximate surface area is 105 Å². The molecule has 102 valence electrons. The van der Waals surface area contributed by atoms with Crippen LogP contribution in [0.2, 0.25) is 0 Å². The molecule has 0 radical (unpaired) electrons. The molecular weight excluding hydrogens is 249 g/mol. The molecule has 0 aromatic carbocycles. The van der Waals surface area contributed by atoms with Gasteiger partial charge in [0, 0.05) is 24.4 Å². The maximum Gasteiger partial charge on any atom is 0.441 e. The van der Waals surface area contributed by atoms with Crippen molar-refractivity contribution < 1.29 is 13.2 Å². The molecule has 2 nitrogen and oxygen atoms in total. The summed E-state index contributed by atoms with van der Waals surface area (Å²) in [5.41, 5.74) is -4.06. The van der Waals surface area contributed by atoms with Crippen molar-refractivity contribution >= 4 is 11.8 Å². The molecular formula is C11H21F3N2S. The molecule has 0 saturated carbocycles. The molecule has 0 aromatic rings. The summed E-state index contributed by atoms with van der Waals surface area (Å²) in [6.45, 7) is 7.45. The molecule has 1 rings (SSSR count). The van der Waals surface area contributed by atoms with Crippen LogP contribution in [0.4, 0.5) is 13.2 Å². The van der Waals surface area contributed by atoms with E-state index >= 15 is 0 Å². The van der Waals surface area contributed by atoms with E-state index in [0.717, 1.165) is 32.5 Å². The van der Waals surface area contributed by atoms with Crippen molar-refractivity contribution in [2.75, 3.05) is 31.9 Å². The van der Waals surface area contributed by atoms with Gasteiger partial charge in [-0.15, -0.1) is 0 Å². The largest absolute Gasteiger partial charge is 0.441 e. The van der Waals surface area contributed by atoms with Gasteiger partial charge in [0.25, 0.3) is 0 Å². The number of alkyl halides is 3. The van der Waals surface area contributed by atoms with Gasteiger partial charge in [-0.3, -0.25) is 0 Å². The number of nitrogens with zero attached hydrogens (tertiary/aromatic N) is 1. The number of rotatable bonds is 4. The molecule has 0 aliphatic carbocycles. The molecule has 0 spiro atoms. The van der Waals surface area contributed by atoms with E-state index in [1.165, 1.54) is 0 Å². The van der Waals surface area contributed by atoms with E-state index < -0.39 is 5.51 Å². The quantitative estimate of drug-likeness (QED) is 0.845. The van der Waals surface area contributed by atoms with E-state index in [-0.39, 0.29) is 23.1 Å². The molecule has 1 aliphatic rings. The van der Waals surface area contributed by atoms with Crippen molar-refractivity contribution in [3.05, 3.63) is 0 Å². The highest BCUT2D eigenvalue weighted by atomic mass is 32.2. The van der Waals surface area contributed by atoms with Crippen molar-refractivity contribution in [3.8, 4) is 0 Å². The zero-order chi connectivity index (χ0) is 12.9. The summed E-state index contributed by atoms with van der Waals surface area (Å²) < 4.78 is 36.1. The molecule has 17 heavy (non-hydrogen) atoms. The van der Waals surface area contributed by atoms with Crippen LogP contribution in [0.1, 0.15) is 26.7 Å². The fraction of sp³-hybridized carbons (Fsp3) is 1.00. The Morgan fingerprint density at radius 1 is 1.41 bits per heavy atom. The van der Waals surface area contributed by atoms with Crippen LogP contribution in [0, 0.1) is 0 Å². The van der Waals surface area contributed by atoms with Crippen LogP contribution in [-0.4, -0.2) is 47.9 Å². The van der Waals surface area contributed by atoms with Gasteiger partial charge < -0.3 is 10.2 Å². The minimum absolute atomic E-state index is 0.0411. The normalized spacial score (nSPS) is 28.1. The summed E-state index contributed by atoms with van der Waals surface area (Å²) in [5.74, 6) is 0.128. The summed E-state index contributed by atoms with van der Waals surface area (Å²) in [6, 6.07) is 0. The van der Waals surface area contributed by atoms with Crippen LogP contribution in [-0.2, 0) is 0 Å². The Bertz CT molecular complexity index is 235. The van der Waals surface area contributed by atoms with Crippen LogP contribution < -0.4 is 5.32 Å². The van der Waals surface area contributed by atoms with Gasteiger partial charge in [-0.1, -0.05) is 6.92 Å². The van der Waals surface area contributed by atoms with Gasteiger partial charge in [-0.05, 0) is 44.6 Å². The monoisotopic (exact) mass is 270 g/mol. The highest BCUT2D eigenvalue weighted by molar-refractivity contribution is 8.00. The van der Waals surface area contributed by atoms with Crippen LogP contribution in [0.15, 0.2) is 0 Å². The summed E-state index contributed by atoms with van der Waals surface area (Å²) in [7, 11) is 0. The van der Waals surface area contributed by atoms with Crippen LogP contribution >= 0.6 is 11.8 Å². The van der Waals surface area contributed by atoms with Crippen molar-refractivity contribution in [2.24, 2.45) is 0 Å². The minimum atomic E-state index is -4.10. The Kier molecular flexibility index (Phi) is 5.60. The first-order chi connectivity index (χ1) is 7.85. The van der Waals surface area contributed by atoms with Gasteiger partial charge >= 0.3 is 5.51 Å². The highest BCUT2D eigenvalue weighted by Crippen LogP contribution is 2.30. The standard InChI is InChI=1S/C11H21F3N2S/c1-3-10(2)9-16(6-4-5-15-10)7-8-17-11(12,13)14/h15H,3-9H2,1-2H3. The number of nitrogens with one attached hydrogen (secondary N) is 1. The fourth-order valence-electron chi connectivity index (χ4n) is 2.04. The molecule has 0 bridgehead atoms. The lowest BCUT2D eigenvalue weighted by atomic mass is 9.99. The highest BCUT2D eigenvalue weighted by Gasteiger charge is 2.30. The predicted octanol–water partition coefficient (Wildman–Crippen LogP) is 2.70. The molecule has 1 aliphatic heterocycles. The molecule has 1 atom stereocenters. The zero-order valence-electron chi connectivity index (χ0n) is 10.4. The first-order valence-corrected chi connectivity index (χ1v) is 7.01. The summed E-state index contributed by atoms with van der Waals surface area (Å²) in [5, 5.41) is 3.47. The van der Waals surface area contributed by atoms with Gasteiger partial charge in [-0.2, -0.15) is 13.2 Å². The van der Waals surface area contributed by atoms with E-state index in [1.807, 2.05) is 0 Å². The average Bonchev–Trinajstić information content (AvgIpc) is 2.39. The molecule has 0 aromatic heterocycles. The van der Waals surface area contributed by atoms with Gasteiger partial charge in [-0.25, -0.2) is 0 Å².